The van der Waals surface area contributed by atoms with E-state index in [1.165, 1.54) is 19.9 Å². The van der Waals surface area contributed by atoms with E-state index in [9.17, 15) is 0 Å². The molecule has 2 aromatic carbocycles. The van der Waals surface area contributed by atoms with Crippen molar-refractivity contribution in [2.24, 2.45) is 0 Å². The van der Waals surface area contributed by atoms with Crippen LogP contribution in [0, 0.1) is 3.57 Å². The van der Waals surface area contributed by atoms with Gasteiger partial charge in [0.25, 0.3) is 0 Å². The molecule has 0 atom stereocenters. The van der Waals surface area contributed by atoms with Crippen LogP contribution in [0.25, 0.3) is 11.1 Å². The van der Waals surface area contributed by atoms with Crippen molar-refractivity contribution in [1.29, 1.82) is 0 Å². The monoisotopic (exact) mass is 352 g/mol. The summed E-state index contributed by atoms with van der Waals surface area (Å²) in [7, 11) is -1.17. The first kappa shape index (κ1) is 12.8. The molecule has 0 aromatic heterocycles. The minimum atomic E-state index is -1.17. The van der Waals surface area contributed by atoms with Crippen molar-refractivity contribution in [2.45, 2.75) is 19.6 Å². The Kier molecular flexibility index (Phi) is 3.73. The fraction of sp³-hybridized carbons (Fsp3) is 0.200. The van der Waals surface area contributed by atoms with Crippen LogP contribution in [-0.4, -0.2) is 8.07 Å². The Morgan fingerprint density at radius 2 is 1.12 bits per heavy atom. The third kappa shape index (κ3) is 3.19. The number of halogens is 1. The highest BCUT2D eigenvalue weighted by Crippen LogP contribution is 2.20. The fourth-order valence-electron chi connectivity index (χ4n) is 1.81. The number of benzene rings is 2. The van der Waals surface area contributed by atoms with Crippen LogP contribution in [0.5, 0.6) is 0 Å². The van der Waals surface area contributed by atoms with E-state index in [-0.39, 0.29) is 0 Å². The maximum absolute atomic E-state index is 2.38. The number of rotatable bonds is 2. The van der Waals surface area contributed by atoms with Gasteiger partial charge in [0.1, 0.15) is 0 Å². The smallest absolute Gasteiger partial charge is 0.0656 e. The SMILES string of the molecule is C[Si](C)(C)c1ccc(-c2ccc(I)cc2)cc1. The molecule has 0 aliphatic carbocycles. The lowest BCUT2D eigenvalue weighted by Crippen LogP contribution is -2.37. The van der Waals surface area contributed by atoms with Crippen LogP contribution >= 0.6 is 22.6 Å². The Labute approximate surface area is 118 Å². The maximum Gasteiger partial charge on any atom is 0.0775 e. The van der Waals surface area contributed by atoms with Crippen molar-refractivity contribution in [2.75, 3.05) is 0 Å². The molecule has 88 valence electrons. The second-order valence-electron chi connectivity index (χ2n) is 5.33. The molecule has 0 aliphatic heterocycles. The molecule has 0 fully saturated rings. The lowest BCUT2D eigenvalue weighted by molar-refractivity contribution is 1.59. The van der Waals surface area contributed by atoms with Gasteiger partial charge in [0.15, 0.2) is 0 Å². The van der Waals surface area contributed by atoms with Crippen molar-refractivity contribution < 1.29 is 0 Å². The fourth-order valence-corrected chi connectivity index (χ4v) is 3.33. The molecule has 2 rings (SSSR count). The minimum absolute atomic E-state index is 1.17. The first-order chi connectivity index (χ1) is 7.97. The van der Waals surface area contributed by atoms with Gasteiger partial charge in [0.2, 0.25) is 0 Å². The van der Waals surface area contributed by atoms with Gasteiger partial charge >= 0.3 is 0 Å². The molecule has 0 amide bonds. The molecular weight excluding hydrogens is 335 g/mol. The van der Waals surface area contributed by atoms with E-state index in [1.807, 2.05) is 0 Å². The van der Waals surface area contributed by atoms with Crippen molar-refractivity contribution in [3.63, 3.8) is 0 Å². The van der Waals surface area contributed by atoms with Gasteiger partial charge in [-0.3, -0.25) is 0 Å². The molecular formula is C15H17ISi. The first-order valence-electron chi connectivity index (χ1n) is 5.83. The van der Waals surface area contributed by atoms with Gasteiger partial charge in [0.05, 0.1) is 8.07 Å². The molecule has 0 nitrogen and oxygen atoms in total. The molecule has 0 radical (unpaired) electrons. The van der Waals surface area contributed by atoms with Crippen molar-refractivity contribution in [1.82, 2.24) is 0 Å². The molecule has 0 spiro atoms. The maximum atomic E-state index is 2.38. The highest BCUT2D eigenvalue weighted by molar-refractivity contribution is 14.1. The number of hydrogen-bond acceptors (Lipinski definition) is 0. The molecule has 2 aromatic rings. The van der Waals surface area contributed by atoms with Crippen molar-refractivity contribution in [3.8, 4) is 11.1 Å². The van der Waals surface area contributed by atoms with Crippen LogP contribution in [0.1, 0.15) is 0 Å². The van der Waals surface area contributed by atoms with Gasteiger partial charge in [-0.1, -0.05) is 61.2 Å². The van der Waals surface area contributed by atoms with Crippen molar-refractivity contribution >= 4 is 35.9 Å². The van der Waals surface area contributed by atoms with E-state index in [0.717, 1.165) is 0 Å². The van der Waals surface area contributed by atoms with Crippen LogP contribution < -0.4 is 5.19 Å². The zero-order valence-electron chi connectivity index (χ0n) is 10.5. The lowest BCUT2D eigenvalue weighted by Gasteiger charge is -2.16. The van der Waals surface area contributed by atoms with E-state index >= 15 is 0 Å². The summed E-state index contributed by atoms with van der Waals surface area (Å²) >= 11 is 2.34. The predicted molar refractivity (Wildman–Crippen MR) is 87.6 cm³/mol. The first-order valence-corrected chi connectivity index (χ1v) is 10.4. The van der Waals surface area contributed by atoms with Crippen LogP contribution in [0.4, 0.5) is 0 Å². The molecule has 0 saturated carbocycles. The summed E-state index contributed by atoms with van der Waals surface area (Å²) in [6.07, 6.45) is 0. The number of hydrogen-bond donors (Lipinski definition) is 0. The lowest BCUT2D eigenvalue weighted by atomic mass is 10.1. The molecule has 2 heteroatoms. The van der Waals surface area contributed by atoms with Gasteiger partial charge in [0, 0.05) is 3.57 Å². The molecule has 0 N–H and O–H groups in total. The largest absolute Gasteiger partial charge is 0.0775 e. The van der Waals surface area contributed by atoms with Gasteiger partial charge < -0.3 is 0 Å². The standard InChI is InChI=1S/C15H17ISi/c1-17(2,3)15-10-6-13(7-11-15)12-4-8-14(16)9-5-12/h4-11H,1-3H3. The summed E-state index contributed by atoms with van der Waals surface area (Å²) in [4.78, 5) is 0. The van der Waals surface area contributed by atoms with Crippen LogP contribution in [0.15, 0.2) is 48.5 Å². The summed E-state index contributed by atoms with van der Waals surface area (Å²) in [6.45, 7) is 7.15. The third-order valence-corrected chi connectivity index (χ3v) is 5.71. The highest BCUT2D eigenvalue weighted by atomic mass is 127. The highest BCUT2D eigenvalue weighted by Gasteiger charge is 2.15. The van der Waals surface area contributed by atoms with Gasteiger partial charge in [-0.25, -0.2) is 0 Å². The van der Waals surface area contributed by atoms with Crippen LogP contribution in [0.3, 0.4) is 0 Å². The second kappa shape index (κ2) is 4.94. The Morgan fingerprint density at radius 3 is 1.53 bits per heavy atom. The third-order valence-electron chi connectivity index (χ3n) is 2.93. The Balaban J connectivity index is 2.33. The Bertz CT molecular complexity index is 492. The van der Waals surface area contributed by atoms with E-state index in [1.54, 1.807) is 0 Å². The van der Waals surface area contributed by atoms with Gasteiger partial charge in [-0.05, 0) is 45.9 Å². The van der Waals surface area contributed by atoms with Gasteiger partial charge in [-0.2, -0.15) is 0 Å². The summed E-state index contributed by atoms with van der Waals surface area (Å²) in [6, 6.07) is 17.8. The molecule has 0 bridgehead atoms. The minimum Gasteiger partial charge on any atom is -0.0656 e. The summed E-state index contributed by atoms with van der Waals surface area (Å²) in [5, 5.41) is 1.52. The molecule has 0 unspecified atom stereocenters. The van der Waals surface area contributed by atoms with Crippen LogP contribution in [-0.2, 0) is 0 Å². The van der Waals surface area contributed by atoms with E-state index in [0.29, 0.717) is 0 Å². The topological polar surface area (TPSA) is 0 Å². The van der Waals surface area contributed by atoms with Crippen LogP contribution in [0.2, 0.25) is 19.6 Å². The summed E-state index contributed by atoms with van der Waals surface area (Å²) in [5.74, 6) is 0. The molecule has 0 saturated heterocycles. The van der Waals surface area contributed by atoms with Crippen molar-refractivity contribution in [3.05, 3.63) is 52.1 Å². The Morgan fingerprint density at radius 1 is 0.706 bits per heavy atom. The van der Waals surface area contributed by atoms with E-state index < -0.39 is 8.07 Å². The quantitative estimate of drug-likeness (QED) is 0.551. The summed E-state index contributed by atoms with van der Waals surface area (Å²) < 4.78 is 1.28. The average molecular weight is 352 g/mol. The average Bonchev–Trinajstić information content (AvgIpc) is 2.29. The zero-order valence-corrected chi connectivity index (χ0v) is 13.7. The zero-order chi connectivity index (χ0) is 12.5. The Hall–Kier alpha value is -0.613. The summed E-state index contributed by atoms with van der Waals surface area (Å²) in [5.41, 5.74) is 2.61. The molecule has 0 aliphatic rings. The van der Waals surface area contributed by atoms with E-state index in [4.69, 9.17) is 0 Å². The van der Waals surface area contributed by atoms with Gasteiger partial charge in [-0.15, -0.1) is 0 Å². The van der Waals surface area contributed by atoms with E-state index in [2.05, 4.69) is 90.8 Å². The molecule has 17 heavy (non-hydrogen) atoms. The second-order valence-corrected chi connectivity index (χ2v) is 11.7. The normalized spacial score (nSPS) is 11.5. The predicted octanol–water partition coefficient (Wildman–Crippen LogP) is 4.50. The molecule has 0 heterocycles.